The molecule has 3 aromatic carbocycles. The van der Waals surface area contributed by atoms with Crippen LogP contribution in [0.1, 0.15) is 32.7 Å². The van der Waals surface area contributed by atoms with E-state index in [-0.39, 0.29) is 17.5 Å². The van der Waals surface area contributed by atoms with Gasteiger partial charge in [-0.15, -0.1) is 0 Å². The van der Waals surface area contributed by atoms with Gasteiger partial charge in [-0.05, 0) is 52.6 Å². The molecule has 0 amide bonds. The Morgan fingerprint density at radius 2 is 1.21 bits per heavy atom. The van der Waals surface area contributed by atoms with Crippen molar-refractivity contribution in [3.63, 3.8) is 0 Å². The van der Waals surface area contributed by atoms with Crippen molar-refractivity contribution in [3.8, 4) is 0 Å². The van der Waals surface area contributed by atoms with Gasteiger partial charge in [-0.3, -0.25) is 9.59 Å². The largest absolute Gasteiger partial charge is 0.480 e. The fourth-order valence-electron chi connectivity index (χ4n) is 3.41. The van der Waals surface area contributed by atoms with E-state index < -0.39 is 29.3 Å². The van der Waals surface area contributed by atoms with Crippen LogP contribution < -0.4 is 0 Å². The Bertz CT molecular complexity index is 1270. The first kappa shape index (κ1) is 23.9. The van der Waals surface area contributed by atoms with E-state index >= 15 is 0 Å². The first-order valence-corrected chi connectivity index (χ1v) is 10.1. The Kier molecular flexibility index (Phi) is 6.92. The third-order valence-electron chi connectivity index (χ3n) is 5.40. The smallest absolute Gasteiger partial charge is 0.335 e. The topological polar surface area (TPSA) is 149 Å². The zero-order valence-electron chi connectivity index (χ0n) is 17.7. The van der Waals surface area contributed by atoms with Gasteiger partial charge in [0.25, 0.3) is 0 Å². The highest BCUT2D eigenvalue weighted by Crippen LogP contribution is 2.33. The molecule has 34 heavy (non-hydrogen) atoms. The van der Waals surface area contributed by atoms with E-state index in [1.807, 2.05) is 30.3 Å². The predicted octanol–water partition coefficient (Wildman–Crippen LogP) is 4.42. The van der Waals surface area contributed by atoms with Crippen molar-refractivity contribution in [2.45, 2.75) is 6.42 Å². The highest BCUT2D eigenvalue weighted by molar-refractivity contribution is 6.02. The Morgan fingerprint density at radius 3 is 1.62 bits per heavy atom. The number of allylic oxidation sites excluding steroid dienone is 3. The molecule has 3 aromatic rings. The molecule has 8 nitrogen and oxygen atoms in total. The van der Waals surface area contributed by atoms with Gasteiger partial charge in [0.1, 0.15) is 0 Å². The number of carboxylic acids is 4. The summed E-state index contributed by atoms with van der Waals surface area (Å²) in [4.78, 5) is 43.7. The minimum absolute atomic E-state index is 0.0433. The molecule has 172 valence electrons. The summed E-state index contributed by atoms with van der Waals surface area (Å²) in [5.74, 6) is -4.73. The third kappa shape index (κ3) is 5.02. The molecule has 8 heteroatoms. The molecule has 0 saturated carbocycles. The maximum absolute atomic E-state index is 11.1. The zero-order valence-corrected chi connectivity index (χ0v) is 17.7. The van der Waals surface area contributed by atoms with E-state index in [0.29, 0.717) is 5.39 Å². The normalized spacial score (nSPS) is 13.8. The molecule has 0 unspecified atom stereocenters. The first-order valence-electron chi connectivity index (χ1n) is 10.1. The molecule has 0 saturated heterocycles. The van der Waals surface area contributed by atoms with Crippen molar-refractivity contribution < 1.29 is 39.6 Å². The summed E-state index contributed by atoms with van der Waals surface area (Å²) in [5, 5.41) is 37.1. The summed E-state index contributed by atoms with van der Waals surface area (Å²) in [5.41, 5.74) is 0.245. The van der Waals surface area contributed by atoms with Gasteiger partial charge in [-0.25, -0.2) is 9.59 Å². The number of rotatable bonds is 5. The van der Waals surface area contributed by atoms with Gasteiger partial charge in [-0.2, -0.15) is 0 Å². The Balaban J connectivity index is 0.000000192. The van der Waals surface area contributed by atoms with Gasteiger partial charge in [-0.1, -0.05) is 60.7 Å². The number of aliphatic carboxylic acids is 2. The molecule has 0 aliphatic heterocycles. The molecule has 4 rings (SSSR count). The van der Waals surface area contributed by atoms with Crippen molar-refractivity contribution in [1.29, 1.82) is 0 Å². The van der Waals surface area contributed by atoms with Crippen LogP contribution in [0.25, 0.3) is 16.3 Å². The van der Waals surface area contributed by atoms with Crippen molar-refractivity contribution in [3.05, 3.63) is 102 Å². The van der Waals surface area contributed by atoms with Crippen LogP contribution in [0.2, 0.25) is 0 Å². The molecular weight excluding hydrogens is 440 g/mol. The molecule has 4 N–H and O–H groups in total. The minimum Gasteiger partial charge on any atom is -0.480 e. The SMILES string of the molecule is O=C(O)C1(C(=O)O)C=CC(c2ccccc2)=CC1.O=C(O)c1ccc2ccc(C(=O)O)cc2c1. The van der Waals surface area contributed by atoms with Crippen LogP contribution in [0.15, 0.2) is 85.0 Å². The van der Waals surface area contributed by atoms with E-state index in [9.17, 15) is 19.2 Å². The van der Waals surface area contributed by atoms with Crippen LogP contribution in [0.3, 0.4) is 0 Å². The van der Waals surface area contributed by atoms with E-state index in [4.69, 9.17) is 20.4 Å². The molecule has 0 fully saturated rings. The molecule has 0 bridgehead atoms. The van der Waals surface area contributed by atoms with E-state index in [2.05, 4.69) is 0 Å². The quantitative estimate of drug-likeness (QED) is 0.409. The van der Waals surface area contributed by atoms with Crippen LogP contribution >= 0.6 is 0 Å². The number of benzene rings is 3. The maximum atomic E-state index is 11.1. The second-order valence-corrected chi connectivity index (χ2v) is 7.53. The lowest BCUT2D eigenvalue weighted by atomic mass is 9.79. The average Bonchev–Trinajstić information content (AvgIpc) is 2.84. The van der Waals surface area contributed by atoms with E-state index in [1.54, 1.807) is 24.3 Å². The fourth-order valence-corrected chi connectivity index (χ4v) is 3.41. The Hall–Kier alpha value is -4.72. The number of hydrogen-bond donors (Lipinski definition) is 4. The number of hydrogen-bond acceptors (Lipinski definition) is 4. The molecule has 0 aromatic heterocycles. The van der Waals surface area contributed by atoms with Gasteiger partial charge < -0.3 is 20.4 Å². The molecule has 1 aliphatic carbocycles. The lowest BCUT2D eigenvalue weighted by Gasteiger charge is -2.23. The van der Waals surface area contributed by atoms with Gasteiger partial charge in [0.05, 0.1) is 11.1 Å². The van der Waals surface area contributed by atoms with E-state index in [0.717, 1.165) is 16.5 Å². The van der Waals surface area contributed by atoms with Crippen LogP contribution in [0.5, 0.6) is 0 Å². The maximum Gasteiger partial charge on any atom is 0.335 e. The lowest BCUT2D eigenvalue weighted by molar-refractivity contribution is -0.160. The number of fused-ring (bicyclic) bond motifs is 1. The predicted molar refractivity (Wildman–Crippen MR) is 124 cm³/mol. The van der Waals surface area contributed by atoms with E-state index in [1.165, 1.54) is 30.3 Å². The molecule has 0 spiro atoms. The second kappa shape index (κ2) is 9.83. The average molecular weight is 460 g/mol. The van der Waals surface area contributed by atoms with Crippen molar-refractivity contribution in [2.24, 2.45) is 5.41 Å². The van der Waals surface area contributed by atoms with Crippen molar-refractivity contribution in [1.82, 2.24) is 0 Å². The monoisotopic (exact) mass is 460 g/mol. The fraction of sp³-hybridized carbons (Fsp3) is 0.0769. The summed E-state index contributed by atoms with van der Waals surface area (Å²) in [6.07, 6.45) is 4.41. The van der Waals surface area contributed by atoms with Crippen LogP contribution in [-0.4, -0.2) is 44.3 Å². The van der Waals surface area contributed by atoms with Gasteiger partial charge in [0.15, 0.2) is 5.41 Å². The van der Waals surface area contributed by atoms with Crippen molar-refractivity contribution >= 4 is 40.2 Å². The Morgan fingerprint density at radius 1 is 0.676 bits per heavy atom. The van der Waals surface area contributed by atoms with Crippen LogP contribution in [0.4, 0.5) is 0 Å². The van der Waals surface area contributed by atoms with Crippen molar-refractivity contribution in [2.75, 3.05) is 0 Å². The molecule has 0 heterocycles. The standard InChI is InChI=1S/C14H12O4.C12H8O4/c15-12(16)14(13(17)18)8-6-11(7-9-14)10-4-2-1-3-5-10;13-11(14)8-3-1-7-2-4-9(12(15)16)6-10(7)5-8/h1-8H,9H2,(H,15,16)(H,17,18);1-6H,(H,13,14)(H,15,16). The number of carboxylic acid groups (broad SMARTS) is 4. The lowest BCUT2D eigenvalue weighted by Crippen LogP contribution is -2.38. The molecule has 0 atom stereocenters. The van der Waals surface area contributed by atoms with Gasteiger partial charge in [0.2, 0.25) is 0 Å². The van der Waals surface area contributed by atoms with Gasteiger partial charge in [0, 0.05) is 0 Å². The third-order valence-corrected chi connectivity index (χ3v) is 5.40. The van der Waals surface area contributed by atoms with Gasteiger partial charge >= 0.3 is 23.9 Å². The summed E-state index contributed by atoms with van der Waals surface area (Å²) in [7, 11) is 0. The zero-order chi connectivity index (χ0) is 24.9. The summed E-state index contributed by atoms with van der Waals surface area (Å²) in [6.45, 7) is 0. The molecule has 0 radical (unpaired) electrons. The Labute approximate surface area is 193 Å². The highest BCUT2D eigenvalue weighted by atomic mass is 16.4. The summed E-state index contributed by atoms with van der Waals surface area (Å²) >= 11 is 0. The summed E-state index contributed by atoms with van der Waals surface area (Å²) < 4.78 is 0. The van der Waals surface area contributed by atoms with Crippen LogP contribution in [0, 0.1) is 5.41 Å². The minimum atomic E-state index is -1.84. The molecule has 1 aliphatic rings. The van der Waals surface area contributed by atoms with Crippen LogP contribution in [-0.2, 0) is 9.59 Å². The number of aromatic carboxylic acids is 2. The number of carbonyl (C=O) groups is 4. The summed E-state index contributed by atoms with van der Waals surface area (Å²) in [6, 6.07) is 18.6. The molecular formula is C26H20O8. The second-order valence-electron chi connectivity index (χ2n) is 7.53. The first-order chi connectivity index (χ1) is 16.1. The highest BCUT2D eigenvalue weighted by Gasteiger charge is 2.44.